The van der Waals surface area contributed by atoms with Gasteiger partial charge in [-0.25, -0.2) is 15.0 Å². The molecular formula is C7H6N4. The van der Waals surface area contributed by atoms with Crippen LogP contribution in [-0.4, -0.2) is 15.0 Å². The van der Waals surface area contributed by atoms with Crippen LogP contribution in [0.1, 0.15) is 0 Å². The maximum atomic E-state index is 5.45. The molecule has 2 aromatic rings. The third kappa shape index (κ3) is 0.980. The first-order chi connectivity index (χ1) is 5.36. The molecule has 4 heteroatoms. The molecule has 0 aromatic carbocycles. The highest BCUT2D eigenvalue weighted by atomic mass is 14.9. The predicted octanol–water partition coefficient (Wildman–Crippen LogP) is 0.607. The van der Waals surface area contributed by atoms with E-state index < -0.39 is 0 Å². The number of nitrogens with two attached hydrogens (primary N) is 1. The van der Waals surface area contributed by atoms with Gasteiger partial charge in [-0.15, -0.1) is 0 Å². The second-order valence-corrected chi connectivity index (χ2v) is 2.19. The zero-order valence-electron chi connectivity index (χ0n) is 5.73. The Kier molecular flexibility index (Phi) is 1.18. The van der Waals surface area contributed by atoms with Crippen molar-refractivity contribution in [2.24, 2.45) is 0 Å². The normalized spacial score (nSPS) is 10.2. The van der Waals surface area contributed by atoms with Crippen molar-refractivity contribution in [3.8, 4) is 0 Å². The van der Waals surface area contributed by atoms with Crippen LogP contribution in [0.3, 0.4) is 0 Å². The minimum Gasteiger partial charge on any atom is -0.384 e. The second-order valence-electron chi connectivity index (χ2n) is 2.19. The van der Waals surface area contributed by atoms with Crippen molar-refractivity contribution in [1.29, 1.82) is 0 Å². The lowest BCUT2D eigenvalue weighted by Crippen LogP contribution is -1.90. The quantitative estimate of drug-likeness (QED) is 0.591. The molecule has 0 unspecified atom stereocenters. The molecule has 54 valence electrons. The summed E-state index contributed by atoms with van der Waals surface area (Å²) in [5.74, 6) is 0.483. The van der Waals surface area contributed by atoms with Crippen molar-refractivity contribution in [2.75, 3.05) is 5.73 Å². The standard InChI is InChI=1S/C7H6N4/c8-7-1-6-5(3-10-7)2-9-4-11-6/h1-4H,(H2,8,10). The molecule has 0 bridgehead atoms. The number of nitrogens with zero attached hydrogens (tertiary/aromatic N) is 3. The van der Waals surface area contributed by atoms with Crippen molar-refractivity contribution >= 4 is 16.7 Å². The van der Waals surface area contributed by atoms with E-state index in [0.717, 1.165) is 10.9 Å². The largest absolute Gasteiger partial charge is 0.384 e. The van der Waals surface area contributed by atoms with Crippen LogP contribution < -0.4 is 5.73 Å². The van der Waals surface area contributed by atoms with Crippen molar-refractivity contribution in [3.05, 3.63) is 24.8 Å². The number of hydrogen-bond donors (Lipinski definition) is 1. The molecule has 0 radical (unpaired) electrons. The Morgan fingerprint density at radius 2 is 2.09 bits per heavy atom. The maximum absolute atomic E-state index is 5.45. The number of aromatic nitrogens is 3. The molecule has 2 N–H and O–H groups in total. The highest BCUT2D eigenvalue weighted by Gasteiger charge is 1.93. The van der Waals surface area contributed by atoms with Gasteiger partial charge in [0.1, 0.15) is 12.1 Å². The number of anilines is 1. The van der Waals surface area contributed by atoms with E-state index in [-0.39, 0.29) is 0 Å². The van der Waals surface area contributed by atoms with E-state index in [0.29, 0.717) is 5.82 Å². The van der Waals surface area contributed by atoms with Gasteiger partial charge in [0.05, 0.1) is 5.52 Å². The summed E-state index contributed by atoms with van der Waals surface area (Å²) in [5.41, 5.74) is 6.28. The molecule has 0 saturated carbocycles. The number of fused-ring (bicyclic) bond motifs is 1. The van der Waals surface area contributed by atoms with Crippen LogP contribution in [0.2, 0.25) is 0 Å². The Labute approximate surface area is 63.1 Å². The predicted molar refractivity (Wildman–Crippen MR) is 41.7 cm³/mol. The summed E-state index contributed by atoms with van der Waals surface area (Å²) in [6, 6.07) is 1.72. The molecule has 0 spiro atoms. The third-order valence-electron chi connectivity index (χ3n) is 1.41. The van der Waals surface area contributed by atoms with Crippen LogP contribution in [-0.2, 0) is 0 Å². The molecule has 0 aliphatic heterocycles. The summed E-state index contributed by atoms with van der Waals surface area (Å²) < 4.78 is 0. The molecule has 2 rings (SSSR count). The fourth-order valence-electron chi connectivity index (χ4n) is 0.891. The molecule has 0 fully saturated rings. The summed E-state index contributed by atoms with van der Waals surface area (Å²) >= 11 is 0. The van der Waals surface area contributed by atoms with E-state index in [1.807, 2.05) is 0 Å². The van der Waals surface area contributed by atoms with Crippen LogP contribution in [0.4, 0.5) is 5.82 Å². The minimum atomic E-state index is 0.483. The Bertz CT molecular complexity index is 385. The smallest absolute Gasteiger partial charge is 0.125 e. The molecule has 0 aliphatic carbocycles. The number of nitrogen functional groups attached to an aromatic ring is 1. The van der Waals surface area contributed by atoms with E-state index in [1.54, 1.807) is 18.5 Å². The molecule has 0 atom stereocenters. The SMILES string of the molecule is Nc1cc2ncncc2cn1. The van der Waals surface area contributed by atoms with Crippen LogP contribution in [0, 0.1) is 0 Å². The minimum absolute atomic E-state index is 0.483. The molecule has 0 saturated heterocycles. The molecule has 0 aliphatic rings. The fraction of sp³-hybridized carbons (Fsp3) is 0. The van der Waals surface area contributed by atoms with Gasteiger partial charge in [-0.05, 0) is 0 Å². The second kappa shape index (κ2) is 2.16. The van der Waals surface area contributed by atoms with Crippen LogP contribution in [0.5, 0.6) is 0 Å². The van der Waals surface area contributed by atoms with Crippen molar-refractivity contribution in [1.82, 2.24) is 15.0 Å². The average molecular weight is 146 g/mol. The lowest BCUT2D eigenvalue weighted by Gasteiger charge is -1.94. The topological polar surface area (TPSA) is 64.7 Å². The first kappa shape index (κ1) is 6.03. The van der Waals surface area contributed by atoms with Crippen molar-refractivity contribution in [2.45, 2.75) is 0 Å². The van der Waals surface area contributed by atoms with Crippen LogP contribution >= 0.6 is 0 Å². The van der Waals surface area contributed by atoms with Crippen molar-refractivity contribution in [3.63, 3.8) is 0 Å². The summed E-state index contributed by atoms with van der Waals surface area (Å²) in [4.78, 5) is 11.8. The van der Waals surface area contributed by atoms with Gasteiger partial charge in [0.15, 0.2) is 0 Å². The summed E-state index contributed by atoms with van der Waals surface area (Å²) in [5, 5.41) is 0.904. The molecule has 4 nitrogen and oxygen atoms in total. The molecular weight excluding hydrogens is 140 g/mol. The van der Waals surface area contributed by atoms with E-state index >= 15 is 0 Å². The summed E-state index contributed by atoms with van der Waals surface area (Å²) in [7, 11) is 0. The lowest BCUT2D eigenvalue weighted by molar-refractivity contribution is 1.21. The van der Waals surface area contributed by atoms with Gasteiger partial charge in [0, 0.05) is 23.8 Å². The third-order valence-corrected chi connectivity index (χ3v) is 1.41. The molecule has 2 heterocycles. The number of hydrogen-bond acceptors (Lipinski definition) is 4. The molecule has 2 aromatic heterocycles. The van der Waals surface area contributed by atoms with Gasteiger partial charge in [-0.2, -0.15) is 0 Å². The van der Waals surface area contributed by atoms with E-state index in [2.05, 4.69) is 15.0 Å². The Balaban J connectivity index is 2.83. The van der Waals surface area contributed by atoms with E-state index in [1.165, 1.54) is 6.33 Å². The van der Waals surface area contributed by atoms with Crippen LogP contribution in [0.25, 0.3) is 10.9 Å². The fourth-order valence-corrected chi connectivity index (χ4v) is 0.891. The van der Waals surface area contributed by atoms with Gasteiger partial charge in [-0.1, -0.05) is 0 Å². The molecule has 11 heavy (non-hydrogen) atoms. The van der Waals surface area contributed by atoms with Crippen LogP contribution in [0.15, 0.2) is 24.8 Å². The number of rotatable bonds is 0. The van der Waals surface area contributed by atoms with Gasteiger partial charge >= 0.3 is 0 Å². The zero-order chi connectivity index (χ0) is 7.68. The van der Waals surface area contributed by atoms with E-state index in [9.17, 15) is 0 Å². The highest BCUT2D eigenvalue weighted by molar-refractivity contribution is 5.78. The zero-order valence-corrected chi connectivity index (χ0v) is 5.73. The van der Waals surface area contributed by atoms with Gasteiger partial charge < -0.3 is 5.73 Å². The monoisotopic (exact) mass is 146 g/mol. The molecule has 0 amide bonds. The Morgan fingerprint density at radius 3 is 3.00 bits per heavy atom. The number of pyridine rings is 1. The Hall–Kier alpha value is -1.71. The lowest BCUT2D eigenvalue weighted by atomic mass is 10.3. The maximum Gasteiger partial charge on any atom is 0.125 e. The van der Waals surface area contributed by atoms with Crippen molar-refractivity contribution < 1.29 is 0 Å². The highest BCUT2D eigenvalue weighted by Crippen LogP contribution is 2.09. The summed E-state index contributed by atoms with van der Waals surface area (Å²) in [6.07, 6.45) is 4.85. The first-order valence-corrected chi connectivity index (χ1v) is 3.17. The van der Waals surface area contributed by atoms with Gasteiger partial charge in [-0.3, -0.25) is 0 Å². The van der Waals surface area contributed by atoms with E-state index in [4.69, 9.17) is 5.73 Å². The summed E-state index contributed by atoms with van der Waals surface area (Å²) in [6.45, 7) is 0. The van der Waals surface area contributed by atoms with Gasteiger partial charge in [0.2, 0.25) is 0 Å². The Morgan fingerprint density at radius 1 is 1.18 bits per heavy atom. The first-order valence-electron chi connectivity index (χ1n) is 3.17. The average Bonchev–Trinajstić information content (AvgIpc) is 2.04. The van der Waals surface area contributed by atoms with Gasteiger partial charge in [0.25, 0.3) is 0 Å².